The molecule has 0 amide bonds. The molecule has 0 atom stereocenters. The quantitative estimate of drug-likeness (QED) is 0.442. The van der Waals surface area contributed by atoms with Crippen molar-refractivity contribution in [3.05, 3.63) is 23.6 Å². The summed E-state index contributed by atoms with van der Waals surface area (Å²) in [6.07, 6.45) is 4.32. The first kappa shape index (κ1) is 20.5. The zero-order valence-electron chi connectivity index (χ0n) is 16.7. The number of nitrogens with zero attached hydrogens (tertiary/aromatic N) is 1. The third kappa shape index (κ3) is 5.22. The molecule has 4 nitrogen and oxygen atoms in total. The minimum atomic E-state index is -0.607. The first-order valence-electron chi connectivity index (χ1n) is 8.57. The Kier molecular flexibility index (Phi) is 5.74. The van der Waals surface area contributed by atoms with Crippen LogP contribution in [0.1, 0.15) is 61.8 Å². The molecule has 0 radical (unpaired) electrons. The molecule has 1 aliphatic rings. The van der Waals surface area contributed by atoms with E-state index in [1.165, 1.54) is 0 Å². The number of ketones is 2. The molecule has 1 heterocycles. The molecule has 136 valence electrons. The van der Waals surface area contributed by atoms with Crippen LogP contribution < -0.4 is 0 Å². The van der Waals surface area contributed by atoms with Gasteiger partial charge in [-0.2, -0.15) is 0 Å². The topological polar surface area (TPSA) is 46.6 Å². The summed E-state index contributed by atoms with van der Waals surface area (Å²) >= 11 is 0. The maximum Gasteiger partial charge on any atom is 0.189 e. The number of Topliss-reactive ketones (excluding diaryl/α,β-unsaturated/α-hetero) is 2. The number of carbonyl (C=O) groups is 2. The molecule has 0 aliphatic carbocycles. The minimum absolute atomic E-state index is 0.142. The molecule has 1 saturated heterocycles. The second kappa shape index (κ2) is 6.73. The monoisotopic (exact) mass is 335 g/mol. The summed E-state index contributed by atoms with van der Waals surface area (Å²) in [4.78, 5) is 27.5. The molecule has 0 N–H and O–H groups in total. The van der Waals surface area contributed by atoms with Crippen molar-refractivity contribution in [1.29, 1.82) is 0 Å². The highest BCUT2D eigenvalue weighted by Crippen LogP contribution is 2.29. The zero-order valence-corrected chi connectivity index (χ0v) is 16.7. The Hall–Kier alpha value is -1.58. The summed E-state index contributed by atoms with van der Waals surface area (Å²) in [5, 5.41) is 0. The number of hydrogen-bond donors (Lipinski definition) is 0. The van der Waals surface area contributed by atoms with Crippen LogP contribution in [0.15, 0.2) is 23.6 Å². The lowest BCUT2D eigenvalue weighted by Gasteiger charge is -2.38. The highest BCUT2D eigenvalue weighted by atomic mass is 16.5. The zero-order chi connectivity index (χ0) is 18.9. The molecule has 0 aromatic carbocycles. The lowest BCUT2D eigenvalue weighted by molar-refractivity contribution is -0.129. The van der Waals surface area contributed by atoms with Gasteiger partial charge in [-0.05, 0) is 26.0 Å². The summed E-state index contributed by atoms with van der Waals surface area (Å²) in [5.74, 6) is 0.404. The Labute approximate surface area is 146 Å². The van der Waals surface area contributed by atoms with Crippen molar-refractivity contribution in [3.63, 3.8) is 0 Å². The molecule has 24 heavy (non-hydrogen) atoms. The largest absolute Gasteiger partial charge is 0.473 e. The molecule has 1 rings (SSSR count). The van der Waals surface area contributed by atoms with Gasteiger partial charge in [-0.3, -0.25) is 9.59 Å². The third-order valence-corrected chi connectivity index (χ3v) is 4.05. The summed E-state index contributed by atoms with van der Waals surface area (Å²) in [6, 6.07) is 0. The van der Waals surface area contributed by atoms with E-state index in [1.807, 2.05) is 67.3 Å². The number of rotatable bonds is 3. The average Bonchev–Trinajstić information content (AvgIpc) is 2.40. The van der Waals surface area contributed by atoms with Crippen LogP contribution in [-0.4, -0.2) is 35.7 Å². The van der Waals surface area contributed by atoms with Gasteiger partial charge in [-0.15, -0.1) is 0 Å². The van der Waals surface area contributed by atoms with Crippen LogP contribution in [0.2, 0.25) is 0 Å². The molecule has 0 bridgehead atoms. The molecule has 0 spiro atoms. The minimum Gasteiger partial charge on any atom is -0.473 e. The maximum atomic E-state index is 12.8. The number of ether oxygens (including phenoxy) is 1. The molecule has 1 fully saturated rings. The normalized spacial score (nSPS) is 19.7. The molecule has 0 aromatic rings. The van der Waals surface area contributed by atoms with Crippen LogP contribution in [0.25, 0.3) is 0 Å². The van der Waals surface area contributed by atoms with E-state index in [1.54, 1.807) is 12.2 Å². The van der Waals surface area contributed by atoms with Gasteiger partial charge < -0.3 is 9.64 Å². The van der Waals surface area contributed by atoms with Crippen molar-refractivity contribution in [2.24, 2.45) is 10.8 Å². The average molecular weight is 335 g/mol. The smallest absolute Gasteiger partial charge is 0.189 e. The van der Waals surface area contributed by atoms with Crippen molar-refractivity contribution in [1.82, 2.24) is 4.90 Å². The van der Waals surface area contributed by atoms with E-state index in [0.717, 1.165) is 13.0 Å². The van der Waals surface area contributed by atoms with Gasteiger partial charge in [0.1, 0.15) is 5.60 Å². The Bertz CT molecular complexity index is 541. The standard InChI is InChI=1S/C20H33NO3/c1-18(2,3)16(22)14(17(23)19(4,5)6)10-11-15-21(9)13-12-20(7,8)24-15/h10-11H,12-13H2,1-9H3/b15-11+. The van der Waals surface area contributed by atoms with Crippen LogP contribution in [0.5, 0.6) is 0 Å². The van der Waals surface area contributed by atoms with Gasteiger partial charge in [0.2, 0.25) is 0 Å². The molecule has 0 unspecified atom stereocenters. The molecular weight excluding hydrogens is 302 g/mol. The van der Waals surface area contributed by atoms with E-state index >= 15 is 0 Å². The first-order chi connectivity index (χ1) is 10.6. The van der Waals surface area contributed by atoms with Crippen molar-refractivity contribution in [3.8, 4) is 0 Å². The maximum absolute atomic E-state index is 12.8. The van der Waals surface area contributed by atoms with Gasteiger partial charge in [-0.1, -0.05) is 41.5 Å². The van der Waals surface area contributed by atoms with Crippen LogP contribution in [0.3, 0.4) is 0 Å². The van der Waals surface area contributed by atoms with E-state index in [0.29, 0.717) is 5.88 Å². The SMILES string of the molecule is CN1CCC(C)(C)O/C1=C/C=C(C(=O)C(C)(C)C)C(=O)C(C)(C)C. The molecular formula is C20H33NO3. The van der Waals surface area contributed by atoms with Crippen molar-refractivity contribution < 1.29 is 14.3 Å². The lowest BCUT2D eigenvalue weighted by Crippen LogP contribution is -2.39. The van der Waals surface area contributed by atoms with E-state index in [9.17, 15) is 9.59 Å². The molecule has 0 aromatic heterocycles. The third-order valence-electron chi connectivity index (χ3n) is 4.05. The number of allylic oxidation sites excluding steroid dienone is 3. The van der Waals surface area contributed by atoms with Gasteiger partial charge >= 0.3 is 0 Å². The van der Waals surface area contributed by atoms with Gasteiger partial charge in [0.05, 0.1) is 5.57 Å². The molecule has 1 aliphatic heterocycles. The highest BCUT2D eigenvalue weighted by Gasteiger charge is 2.34. The highest BCUT2D eigenvalue weighted by molar-refractivity contribution is 6.23. The van der Waals surface area contributed by atoms with E-state index < -0.39 is 10.8 Å². The number of carbonyl (C=O) groups excluding carboxylic acids is 2. The summed E-state index contributed by atoms with van der Waals surface area (Å²) in [7, 11) is 1.95. The Balaban J connectivity index is 3.29. The summed E-state index contributed by atoms with van der Waals surface area (Å²) < 4.78 is 5.99. The van der Waals surface area contributed by atoms with Crippen LogP contribution in [0.4, 0.5) is 0 Å². The van der Waals surface area contributed by atoms with Gasteiger partial charge in [-0.25, -0.2) is 0 Å². The Morgan fingerprint density at radius 2 is 1.50 bits per heavy atom. The van der Waals surface area contributed by atoms with Crippen molar-refractivity contribution in [2.45, 2.75) is 67.4 Å². The van der Waals surface area contributed by atoms with Crippen LogP contribution >= 0.6 is 0 Å². The predicted molar refractivity (Wildman–Crippen MR) is 97.5 cm³/mol. The van der Waals surface area contributed by atoms with Crippen LogP contribution in [-0.2, 0) is 14.3 Å². The Morgan fingerprint density at radius 3 is 1.92 bits per heavy atom. The Morgan fingerprint density at radius 1 is 1.04 bits per heavy atom. The van der Waals surface area contributed by atoms with E-state index in [4.69, 9.17) is 4.74 Å². The van der Waals surface area contributed by atoms with Gasteiger partial charge in [0, 0.05) is 30.8 Å². The predicted octanol–water partition coefficient (Wildman–Crippen LogP) is 4.12. The lowest BCUT2D eigenvalue weighted by atomic mass is 9.78. The van der Waals surface area contributed by atoms with E-state index in [-0.39, 0.29) is 22.7 Å². The second-order valence-electron chi connectivity index (χ2n) is 9.28. The van der Waals surface area contributed by atoms with E-state index in [2.05, 4.69) is 0 Å². The van der Waals surface area contributed by atoms with Gasteiger partial charge in [0.25, 0.3) is 0 Å². The van der Waals surface area contributed by atoms with Gasteiger partial charge in [0.15, 0.2) is 17.4 Å². The second-order valence-corrected chi connectivity index (χ2v) is 9.28. The molecule has 4 heteroatoms. The first-order valence-corrected chi connectivity index (χ1v) is 8.57. The van der Waals surface area contributed by atoms with Crippen LogP contribution in [0, 0.1) is 10.8 Å². The summed E-state index contributed by atoms with van der Waals surface area (Å²) in [5.41, 5.74) is -1.22. The fourth-order valence-electron chi connectivity index (χ4n) is 2.34. The fraction of sp³-hybridized carbons (Fsp3) is 0.700. The summed E-state index contributed by atoms with van der Waals surface area (Å²) in [6.45, 7) is 16.0. The number of hydrogen-bond acceptors (Lipinski definition) is 4. The fourth-order valence-corrected chi connectivity index (χ4v) is 2.34. The van der Waals surface area contributed by atoms with Crippen molar-refractivity contribution in [2.75, 3.05) is 13.6 Å². The molecule has 0 saturated carbocycles. The van der Waals surface area contributed by atoms with Crippen molar-refractivity contribution >= 4 is 11.6 Å².